The van der Waals surface area contributed by atoms with E-state index in [1.165, 1.54) is 22.7 Å². The molecule has 302 valence electrons. The minimum absolute atomic E-state index is 0.0653. The van der Waals surface area contributed by atoms with Gasteiger partial charge in [-0.15, -0.1) is 22.7 Å². The number of rotatable bonds is 2. The third-order valence-electron chi connectivity index (χ3n) is 14.0. The molecule has 0 atom stereocenters. The smallest absolute Gasteiger partial charge is 0.216 e. The van der Waals surface area contributed by atoms with Gasteiger partial charge in [-0.2, -0.15) is 0 Å². The van der Waals surface area contributed by atoms with Crippen LogP contribution >= 0.6 is 22.7 Å². The Labute approximate surface area is 361 Å². The molecule has 0 saturated heterocycles. The summed E-state index contributed by atoms with van der Waals surface area (Å²) in [5, 5.41) is 6.18. The number of hydrogen-bond acceptors (Lipinski definition) is 10. The fourth-order valence-electron chi connectivity index (χ4n) is 11.0. The van der Waals surface area contributed by atoms with Gasteiger partial charge in [0, 0.05) is 55.9 Å². The van der Waals surface area contributed by atoms with Crippen molar-refractivity contribution in [1.82, 2.24) is 0 Å². The first-order valence-electron chi connectivity index (χ1n) is 21.5. The number of benzene rings is 5. The lowest BCUT2D eigenvalue weighted by molar-refractivity contribution is 0.0206. The summed E-state index contributed by atoms with van der Waals surface area (Å²) in [5.41, 5.74) is 1.89. The number of ether oxygens (including phenoxy) is 2. The van der Waals surface area contributed by atoms with Gasteiger partial charge in [-0.05, 0) is 109 Å². The number of hydrogen-bond donors (Lipinski definition) is 0. The summed E-state index contributed by atoms with van der Waals surface area (Å²) >= 11 is 2.90. The van der Waals surface area contributed by atoms with E-state index in [9.17, 15) is 19.2 Å². The van der Waals surface area contributed by atoms with E-state index in [0.717, 1.165) is 129 Å². The van der Waals surface area contributed by atoms with E-state index in [1.807, 2.05) is 60.7 Å². The third kappa shape index (κ3) is 5.16. The molecule has 0 bridgehead atoms. The number of nitrogens with zero attached hydrogens (tertiary/aromatic N) is 2. The molecule has 0 amide bonds. The number of fused-ring (bicyclic) bond motifs is 12. The van der Waals surface area contributed by atoms with Crippen molar-refractivity contribution in [2.24, 2.45) is 9.98 Å². The summed E-state index contributed by atoms with van der Waals surface area (Å²) in [6.45, 7) is 0. The van der Waals surface area contributed by atoms with Crippen molar-refractivity contribution in [3.8, 4) is 32.4 Å². The molecule has 2 aliphatic heterocycles. The highest BCUT2D eigenvalue weighted by Gasteiger charge is 2.48. The van der Waals surface area contributed by atoms with Crippen LogP contribution in [0.15, 0.2) is 126 Å². The molecule has 2 aromatic heterocycles. The van der Waals surface area contributed by atoms with Gasteiger partial charge in [0.25, 0.3) is 0 Å². The first kappa shape index (κ1) is 36.3. The van der Waals surface area contributed by atoms with Gasteiger partial charge in [-0.3, -0.25) is 19.2 Å². The fourth-order valence-corrected chi connectivity index (χ4v) is 13.0. The standard InChI is InChI=1S/C52H36N2O6S2/c55-45-31-19-27-11-3-4-12-28(27)20-32(31)46(56)43(45)53-41-25-39-49(61-41)35-24-38-36(23-37(35)51(59-39)15-7-1-8-16-51)50-40(60-52(38)17-9-2-10-18-52)26-42(62-50)54-44-47(57)33-21-29-13-5-6-14-30(29)22-34(33)48(44)58/h3-6,11-14,19-26H,1-2,7-10,15-18H2. The second-order valence-corrected chi connectivity index (χ2v) is 19.6. The predicted octanol–water partition coefficient (Wildman–Crippen LogP) is 10.5. The molecule has 13 rings (SSSR count). The van der Waals surface area contributed by atoms with Crippen molar-refractivity contribution >= 4 is 75.8 Å². The summed E-state index contributed by atoms with van der Waals surface area (Å²) in [6.07, 6.45) is 9.80. The van der Waals surface area contributed by atoms with Gasteiger partial charge in [0.15, 0.2) is 10.7 Å². The van der Waals surface area contributed by atoms with Crippen LogP contribution in [0.2, 0.25) is 0 Å². The van der Waals surface area contributed by atoms with Crippen LogP contribution < -0.4 is 41.9 Å². The maximum atomic E-state index is 13.8. The largest absolute Gasteiger partial charge is 0.481 e. The van der Waals surface area contributed by atoms with Gasteiger partial charge in [0.2, 0.25) is 21.7 Å². The Kier molecular flexibility index (Phi) is 7.66. The quantitative estimate of drug-likeness (QED) is 0.171. The summed E-state index contributed by atoms with van der Waals surface area (Å²) in [6, 6.07) is 31.2. The molecule has 10 heteroatoms. The van der Waals surface area contributed by atoms with E-state index in [0.29, 0.717) is 31.5 Å². The molecule has 2 aliphatic carbocycles. The summed E-state index contributed by atoms with van der Waals surface area (Å²) in [4.78, 5) is 66.5. The molecule has 4 heterocycles. The van der Waals surface area contributed by atoms with Gasteiger partial charge >= 0.3 is 0 Å². The zero-order valence-electron chi connectivity index (χ0n) is 33.5. The molecular weight excluding hydrogens is 813 g/mol. The Hall–Kier alpha value is -6.36. The zero-order chi connectivity index (χ0) is 41.5. The molecule has 9 aromatic rings. The molecule has 2 spiro atoms. The maximum Gasteiger partial charge on any atom is 0.216 e. The van der Waals surface area contributed by atoms with Gasteiger partial charge < -0.3 is 9.47 Å². The second-order valence-electron chi connectivity index (χ2n) is 17.5. The minimum atomic E-state index is -0.563. The van der Waals surface area contributed by atoms with Crippen molar-refractivity contribution in [1.29, 1.82) is 0 Å². The lowest BCUT2D eigenvalue weighted by Crippen LogP contribution is -2.40. The number of thiophene rings is 2. The Bertz CT molecular complexity index is 3380. The molecule has 0 unspecified atom stereocenters. The lowest BCUT2D eigenvalue weighted by atomic mass is 9.71. The lowest BCUT2D eigenvalue weighted by Gasteiger charge is -2.45. The van der Waals surface area contributed by atoms with E-state index in [4.69, 9.17) is 19.5 Å². The van der Waals surface area contributed by atoms with Crippen LogP contribution in [0.25, 0.3) is 64.0 Å². The first-order valence-corrected chi connectivity index (χ1v) is 23.2. The molecule has 8 nitrogen and oxygen atoms in total. The van der Waals surface area contributed by atoms with E-state index in [1.54, 1.807) is 24.3 Å². The van der Waals surface area contributed by atoms with E-state index in [-0.39, 0.29) is 32.4 Å². The van der Waals surface area contributed by atoms with Crippen LogP contribution in [0.3, 0.4) is 0 Å². The van der Waals surface area contributed by atoms with Crippen molar-refractivity contribution in [2.45, 2.75) is 75.4 Å². The van der Waals surface area contributed by atoms with Gasteiger partial charge in [-0.1, -0.05) is 61.4 Å². The Balaban J connectivity index is 0.989. The minimum Gasteiger partial charge on any atom is -0.481 e. The summed E-state index contributed by atoms with van der Waals surface area (Å²) in [7, 11) is 0. The van der Waals surface area contributed by atoms with Gasteiger partial charge in [-0.25, -0.2) is 9.98 Å². The molecular formula is C52H36N2O6S2. The molecule has 2 fully saturated rings. The molecule has 62 heavy (non-hydrogen) atoms. The highest BCUT2D eigenvalue weighted by atomic mass is 32.1. The second kappa shape index (κ2) is 13.1. The Morgan fingerprint density at radius 2 is 0.774 bits per heavy atom. The highest BCUT2D eigenvalue weighted by Crippen LogP contribution is 2.61. The zero-order valence-corrected chi connectivity index (χ0v) is 35.1. The fraction of sp³-hybridized carbons (Fsp3) is 0.231. The van der Waals surface area contributed by atoms with Crippen molar-refractivity contribution in [2.75, 3.05) is 0 Å². The average Bonchev–Trinajstić information content (AvgIpc) is 4.02. The highest BCUT2D eigenvalue weighted by molar-refractivity contribution is 7.20. The normalized spacial score (nSPS) is 17.2. The summed E-state index contributed by atoms with van der Waals surface area (Å²) < 4.78 is 14.3. The first-order chi connectivity index (χ1) is 30.3. The van der Waals surface area contributed by atoms with Crippen LogP contribution in [-0.2, 0) is 11.2 Å². The molecule has 7 aromatic carbocycles. The Morgan fingerprint density at radius 1 is 0.435 bits per heavy atom. The molecule has 0 radical (unpaired) electrons. The topological polar surface area (TPSA) is 111 Å². The summed E-state index contributed by atoms with van der Waals surface area (Å²) in [5.74, 6) is 1.46. The van der Waals surface area contributed by atoms with Crippen LogP contribution in [0, 0.1) is 0 Å². The van der Waals surface area contributed by atoms with Crippen molar-refractivity contribution in [3.63, 3.8) is 0 Å². The van der Waals surface area contributed by atoms with Gasteiger partial charge in [0.1, 0.15) is 32.7 Å². The van der Waals surface area contributed by atoms with E-state index in [2.05, 4.69) is 12.1 Å². The van der Waals surface area contributed by atoms with Gasteiger partial charge in [0.05, 0.1) is 9.75 Å². The van der Waals surface area contributed by atoms with Crippen molar-refractivity contribution < 1.29 is 9.47 Å². The van der Waals surface area contributed by atoms with Crippen LogP contribution in [0.4, 0.5) is 10.0 Å². The Morgan fingerprint density at radius 3 is 1.11 bits per heavy atom. The third-order valence-corrected chi connectivity index (χ3v) is 16.1. The molecule has 4 aliphatic rings. The van der Waals surface area contributed by atoms with Crippen LogP contribution in [-0.4, -0.2) is 0 Å². The maximum absolute atomic E-state index is 13.8. The van der Waals surface area contributed by atoms with Crippen LogP contribution in [0.1, 0.15) is 75.3 Å². The molecule has 0 N–H and O–H groups in total. The van der Waals surface area contributed by atoms with Crippen LogP contribution in [0.5, 0.6) is 11.5 Å². The monoisotopic (exact) mass is 848 g/mol. The van der Waals surface area contributed by atoms with E-state index >= 15 is 0 Å². The SMILES string of the molecule is O=c1c(=Nc2cc3c(s2)-c2cc4c(cc2C2(CCCCC2)O3)-c2sc(N=c3c(=O)c5cc6ccccc6cc5c3=O)cc2OC42CCCCC2)c(=O)c2cc3ccccc3cc12. The van der Waals surface area contributed by atoms with E-state index < -0.39 is 11.2 Å². The van der Waals surface area contributed by atoms with Crippen molar-refractivity contribution in [3.05, 3.63) is 160 Å². The molecule has 2 saturated carbocycles. The predicted molar refractivity (Wildman–Crippen MR) is 247 cm³/mol. The average molecular weight is 849 g/mol.